The summed E-state index contributed by atoms with van der Waals surface area (Å²) in [7, 11) is 0. The third-order valence-electron chi connectivity index (χ3n) is 4.67. The van der Waals surface area contributed by atoms with Gasteiger partial charge in [-0.2, -0.15) is 14.7 Å². The zero-order valence-electron chi connectivity index (χ0n) is 16.4. The van der Waals surface area contributed by atoms with Crippen LogP contribution in [-0.2, 0) is 0 Å². The molecular weight excluding hydrogens is 410 g/mol. The molecule has 0 saturated heterocycles. The van der Waals surface area contributed by atoms with E-state index in [2.05, 4.69) is 16.7 Å². The van der Waals surface area contributed by atoms with Gasteiger partial charge in [0, 0.05) is 17.3 Å². The topological polar surface area (TPSA) is 74.3 Å². The summed E-state index contributed by atoms with van der Waals surface area (Å²) in [6.07, 6.45) is 6.84. The maximum Gasteiger partial charge on any atom is 0.291 e. The number of aromatic nitrogens is 5. The van der Waals surface area contributed by atoms with Gasteiger partial charge in [0.05, 0.1) is 10.2 Å². The number of thiazole rings is 1. The predicted octanol–water partition coefficient (Wildman–Crippen LogP) is 3.12. The molecule has 3 aromatic heterocycles. The van der Waals surface area contributed by atoms with Gasteiger partial charge >= 0.3 is 0 Å². The fourth-order valence-corrected chi connectivity index (χ4v) is 4.09. The van der Waals surface area contributed by atoms with E-state index in [1.165, 1.54) is 22.2 Å². The number of nitrogens with zero attached hydrogens (tertiary/aromatic N) is 5. The molecule has 5 aromatic rings. The van der Waals surface area contributed by atoms with E-state index in [0.717, 1.165) is 28.3 Å². The predicted molar refractivity (Wildman–Crippen MR) is 121 cm³/mol. The molecule has 0 spiro atoms. The van der Waals surface area contributed by atoms with E-state index < -0.39 is 0 Å². The second-order valence-corrected chi connectivity index (χ2v) is 7.72. The quantitative estimate of drug-likeness (QED) is 0.389. The summed E-state index contributed by atoms with van der Waals surface area (Å²) in [4.78, 5) is 17.3. The van der Waals surface area contributed by atoms with Crippen molar-refractivity contribution in [1.29, 1.82) is 0 Å². The maximum atomic E-state index is 12.7. The molecule has 0 aliphatic carbocycles. The van der Waals surface area contributed by atoms with Crippen molar-refractivity contribution < 1.29 is 4.74 Å². The summed E-state index contributed by atoms with van der Waals surface area (Å²) in [6, 6.07) is 17.5. The van der Waals surface area contributed by atoms with E-state index in [4.69, 9.17) is 9.84 Å². The minimum atomic E-state index is -0.191. The van der Waals surface area contributed by atoms with Crippen molar-refractivity contribution in [2.45, 2.75) is 0 Å². The average Bonchev–Trinajstić information content (AvgIpc) is 3.51. The standard InChI is InChI=1S/C23H17N5O2S/c1-2-12-30-19-10-8-16(9-11-19)21-17(14-27(26-21)18-6-4-3-5-7-18)13-20-22(29)28-23(31-20)24-15-25-28/h2-11,13-15H,1,12H2/b20-13-. The van der Waals surface area contributed by atoms with Gasteiger partial charge in [0.25, 0.3) is 5.56 Å². The molecule has 2 aromatic carbocycles. The van der Waals surface area contributed by atoms with Crippen molar-refractivity contribution >= 4 is 22.4 Å². The van der Waals surface area contributed by atoms with Crippen molar-refractivity contribution in [3.63, 3.8) is 0 Å². The van der Waals surface area contributed by atoms with E-state index in [-0.39, 0.29) is 5.56 Å². The Balaban J connectivity index is 1.64. The number of fused-ring (bicyclic) bond motifs is 1. The lowest BCUT2D eigenvalue weighted by Crippen LogP contribution is -2.23. The summed E-state index contributed by atoms with van der Waals surface area (Å²) in [5.41, 5.74) is 3.24. The third kappa shape index (κ3) is 3.64. The molecule has 0 unspecified atom stereocenters. The van der Waals surface area contributed by atoms with E-state index in [0.29, 0.717) is 16.1 Å². The summed E-state index contributed by atoms with van der Waals surface area (Å²) >= 11 is 1.30. The highest BCUT2D eigenvalue weighted by Crippen LogP contribution is 2.26. The van der Waals surface area contributed by atoms with Crippen LogP contribution < -0.4 is 14.8 Å². The van der Waals surface area contributed by atoms with Gasteiger partial charge in [0.1, 0.15) is 24.4 Å². The Kier molecular flexibility index (Phi) is 4.89. The number of hydrogen-bond acceptors (Lipinski definition) is 6. The number of benzene rings is 2. The highest BCUT2D eigenvalue weighted by Gasteiger charge is 2.13. The Morgan fingerprint density at radius 2 is 1.90 bits per heavy atom. The largest absolute Gasteiger partial charge is 0.490 e. The smallest absolute Gasteiger partial charge is 0.291 e. The molecule has 152 valence electrons. The second-order valence-electron chi connectivity index (χ2n) is 6.71. The number of rotatable bonds is 6. The van der Waals surface area contributed by atoms with Gasteiger partial charge in [0.2, 0.25) is 4.96 Å². The van der Waals surface area contributed by atoms with Gasteiger partial charge in [-0.15, -0.1) is 0 Å². The van der Waals surface area contributed by atoms with Crippen LogP contribution in [0.2, 0.25) is 0 Å². The van der Waals surface area contributed by atoms with Crippen LogP contribution in [0.15, 0.2) is 84.6 Å². The second kappa shape index (κ2) is 8.00. The molecule has 0 saturated carbocycles. The molecule has 0 aliphatic heterocycles. The van der Waals surface area contributed by atoms with Crippen molar-refractivity contribution in [3.05, 3.63) is 100 Å². The normalized spacial score (nSPS) is 11.8. The lowest BCUT2D eigenvalue weighted by atomic mass is 10.1. The lowest BCUT2D eigenvalue weighted by molar-refractivity contribution is 0.363. The first-order valence-corrected chi connectivity index (χ1v) is 10.4. The SMILES string of the molecule is C=CCOc1ccc(-c2nn(-c3ccccc3)cc2/C=c2\sc3ncnn3c2=O)cc1. The lowest BCUT2D eigenvalue weighted by Gasteiger charge is -2.04. The van der Waals surface area contributed by atoms with Crippen molar-refractivity contribution in [3.8, 4) is 22.7 Å². The van der Waals surface area contributed by atoms with Crippen LogP contribution in [0.3, 0.4) is 0 Å². The summed E-state index contributed by atoms with van der Waals surface area (Å²) < 4.78 is 9.25. The molecule has 0 atom stereocenters. The Hall–Kier alpha value is -4.04. The summed E-state index contributed by atoms with van der Waals surface area (Å²) in [5.74, 6) is 0.754. The molecule has 0 aliphatic rings. The average molecular weight is 427 g/mol. The molecule has 5 rings (SSSR count). The van der Waals surface area contributed by atoms with Crippen LogP contribution in [0, 0.1) is 0 Å². The Morgan fingerprint density at radius 3 is 2.65 bits per heavy atom. The Bertz CT molecular complexity index is 1470. The van der Waals surface area contributed by atoms with E-state index in [1.54, 1.807) is 6.08 Å². The fourth-order valence-electron chi connectivity index (χ4n) is 3.21. The zero-order chi connectivity index (χ0) is 21.2. The number of para-hydroxylation sites is 1. The monoisotopic (exact) mass is 427 g/mol. The molecule has 0 fully saturated rings. The van der Waals surface area contributed by atoms with Gasteiger partial charge in [0.15, 0.2) is 0 Å². The Labute approximate surface area is 181 Å². The van der Waals surface area contributed by atoms with Gasteiger partial charge in [-0.25, -0.2) is 9.67 Å². The molecule has 3 heterocycles. The van der Waals surface area contributed by atoms with E-state index in [1.807, 2.05) is 71.6 Å². The fraction of sp³-hybridized carbons (Fsp3) is 0.0435. The number of hydrogen-bond donors (Lipinski definition) is 0. The summed E-state index contributed by atoms with van der Waals surface area (Å²) in [6.45, 7) is 4.11. The molecule has 8 heteroatoms. The first-order valence-electron chi connectivity index (χ1n) is 9.56. The minimum absolute atomic E-state index is 0.191. The first kappa shape index (κ1) is 19.0. The van der Waals surface area contributed by atoms with Crippen LogP contribution in [0.25, 0.3) is 28.0 Å². The first-order chi connectivity index (χ1) is 15.2. The molecular formula is C23H17N5O2S. The third-order valence-corrected chi connectivity index (χ3v) is 5.64. The Morgan fingerprint density at radius 1 is 1.10 bits per heavy atom. The van der Waals surface area contributed by atoms with Crippen molar-refractivity contribution in [2.75, 3.05) is 6.61 Å². The zero-order valence-corrected chi connectivity index (χ0v) is 17.2. The van der Waals surface area contributed by atoms with Crippen molar-refractivity contribution in [2.24, 2.45) is 0 Å². The molecule has 7 nitrogen and oxygen atoms in total. The molecule has 0 N–H and O–H groups in total. The highest BCUT2D eigenvalue weighted by molar-refractivity contribution is 7.15. The van der Waals surface area contributed by atoms with Gasteiger partial charge in [-0.05, 0) is 42.5 Å². The van der Waals surface area contributed by atoms with Gasteiger partial charge < -0.3 is 4.74 Å². The van der Waals surface area contributed by atoms with Gasteiger partial charge in [-0.3, -0.25) is 4.79 Å². The van der Waals surface area contributed by atoms with Crippen LogP contribution in [-0.4, -0.2) is 31.0 Å². The minimum Gasteiger partial charge on any atom is -0.490 e. The van der Waals surface area contributed by atoms with Crippen molar-refractivity contribution in [1.82, 2.24) is 24.4 Å². The molecule has 0 bridgehead atoms. The highest BCUT2D eigenvalue weighted by atomic mass is 32.1. The molecule has 0 radical (unpaired) electrons. The van der Waals surface area contributed by atoms with Crippen LogP contribution >= 0.6 is 11.3 Å². The van der Waals surface area contributed by atoms with Crippen LogP contribution in [0.5, 0.6) is 5.75 Å². The summed E-state index contributed by atoms with van der Waals surface area (Å²) in [5, 5.41) is 8.79. The number of ether oxygens (including phenoxy) is 1. The maximum absolute atomic E-state index is 12.7. The molecule has 0 amide bonds. The molecule has 31 heavy (non-hydrogen) atoms. The van der Waals surface area contributed by atoms with Crippen LogP contribution in [0.4, 0.5) is 0 Å². The van der Waals surface area contributed by atoms with E-state index >= 15 is 0 Å². The van der Waals surface area contributed by atoms with Crippen LogP contribution in [0.1, 0.15) is 5.56 Å². The van der Waals surface area contributed by atoms with Gasteiger partial charge in [-0.1, -0.05) is 42.2 Å². The van der Waals surface area contributed by atoms with E-state index in [9.17, 15) is 4.79 Å².